The van der Waals surface area contributed by atoms with Crippen LogP contribution in [0.5, 0.6) is 5.75 Å². The molecule has 1 aliphatic heterocycles. The number of fused-ring (bicyclic) bond motifs is 1. The van der Waals surface area contributed by atoms with Crippen LogP contribution in [0.25, 0.3) is 11.2 Å². The van der Waals surface area contributed by atoms with Crippen molar-refractivity contribution in [3.63, 3.8) is 0 Å². The first-order valence-corrected chi connectivity index (χ1v) is 11.4. The molecule has 0 radical (unpaired) electrons. The van der Waals surface area contributed by atoms with E-state index < -0.39 is 0 Å². The van der Waals surface area contributed by atoms with Crippen molar-refractivity contribution in [2.75, 3.05) is 39.3 Å². The Hall–Kier alpha value is -2.91. The van der Waals surface area contributed by atoms with Gasteiger partial charge in [0.15, 0.2) is 11.2 Å². The second kappa shape index (κ2) is 10.1. The van der Waals surface area contributed by atoms with Gasteiger partial charge in [0.2, 0.25) is 0 Å². The molecule has 0 amide bonds. The maximum atomic E-state index is 12.4. The first kappa shape index (κ1) is 22.3. The first-order chi connectivity index (χ1) is 15.6. The summed E-state index contributed by atoms with van der Waals surface area (Å²) in [6.45, 7) is 8.63. The molecule has 1 saturated heterocycles. The SMILES string of the molecule is CCCCn1c(=O)[nH]c(=O)c2c1nc(CN1CCN(CCOc3ccccc3)CC1)n2C. The van der Waals surface area contributed by atoms with Gasteiger partial charge in [-0.3, -0.25) is 24.1 Å². The van der Waals surface area contributed by atoms with Gasteiger partial charge in [-0.1, -0.05) is 31.5 Å². The van der Waals surface area contributed by atoms with Crippen LogP contribution < -0.4 is 16.0 Å². The van der Waals surface area contributed by atoms with Gasteiger partial charge in [-0.25, -0.2) is 9.78 Å². The normalized spacial score (nSPS) is 15.4. The van der Waals surface area contributed by atoms with Crippen molar-refractivity contribution in [3.05, 3.63) is 57.0 Å². The quantitative estimate of drug-likeness (QED) is 0.541. The van der Waals surface area contributed by atoms with Crippen LogP contribution in [-0.2, 0) is 20.1 Å². The molecule has 0 atom stereocenters. The number of nitrogens with one attached hydrogen (secondary N) is 1. The molecular formula is C23H32N6O3. The average molecular weight is 441 g/mol. The van der Waals surface area contributed by atoms with Crippen LogP contribution in [-0.4, -0.2) is 68.2 Å². The van der Waals surface area contributed by atoms with Crippen molar-refractivity contribution < 1.29 is 4.74 Å². The molecule has 0 bridgehead atoms. The van der Waals surface area contributed by atoms with Crippen LogP contribution in [0.4, 0.5) is 0 Å². The van der Waals surface area contributed by atoms with E-state index in [2.05, 4.69) is 21.7 Å². The highest BCUT2D eigenvalue weighted by molar-refractivity contribution is 5.70. The third-order valence-corrected chi connectivity index (χ3v) is 6.09. The Morgan fingerprint density at radius 3 is 2.47 bits per heavy atom. The molecule has 4 rings (SSSR count). The fraction of sp³-hybridized carbons (Fsp3) is 0.522. The molecule has 0 unspecified atom stereocenters. The number of H-pyrrole nitrogens is 1. The molecule has 0 aliphatic carbocycles. The lowest BCUT2D eigenvalue weighted by Crippen LogP contribution is -2.47. The zero-order valence-electron chi connectivity index (χ0n) is 18.9. The Bertz CT molecular complexity index is 1140. The Morgan fingerprint density at radius 2 is 1.75 bits per heavy atom. The molecule has 1 N–H and O–H groups in total. The summed E-state index contributed by atoms with van der Waals surface area (Å²) in [6.07, 6.45) is 1.83. The van der Waals surface area contributed by atoms with Gasteiger partial charge >= 0.3 is 5.69 Å². The monoisotopic (exact) mass is 440 g/mol. The number of aryl methyl sites for hydroxylation is 2. The number of ether oxygens (including phenoxy) is 1. The van der Waals surface area contributed by atoms with E-state index in [-0.39, 0.29) is 11.2 Å². The van der Waals surface area contributed by atoms with Crippen molar-refractivity contribution >= 4 is 11.2 Å². The second-order valence-corrected chi connectivity index (χ2v) is 8.30. The topological polar surface area (TPSA) is 88.4 Å². The van der Waals surface area contributed by atoms with E-state index in [1.165, 1.54) is 0 Å². The van der Waals surface area contributed by atoms with Gasteiger partial charge < -0.3 is 9.30 Å². The minimum atomic E-state index is -0.382. The van der Waals surface area contributed by atoms with Gasteiger partial charge in [-0.05, 0) is 18.6 Å². The molecule has 2 aromatic heterocycles. The fourth-order valence-electron chi connectivity index (χ4n) is 4.14. The number of aromatic nitrogens is 4. The smallest absolute Gasteiger partial charge is 0.330 e. The minimum Gasteiger partial charge on any atom is -0.492 e. The molecule has 32 heavy (non-hydrogen) atoms. The molecule has 172 valence electrons. The Balaban J connectivity index is 1.37. The predicted octanol–water partition coefficient (Wildman–Crippen LogP) is 1.42. The van der Waals surface area contributed by atoms with E-state index >= 15 is 0 Å². The summed E-state index contributed by atoms with van der Waals surface area (Å²) in [5.74, 6) is 1.71. The molecule has 1 aliphatic rings. The summed E-state index contributed by atoms with van der Waals surface area (Å²) in [4.78, 5) is 36.7. The highest BCUT2D eigenvalue weighted by atomic mass is 16.5. The molecule has 9 heteroatoms. The number of piperazine rings is 1. The average Bonchev–Trinajstić information content (AvgIpc) is 3.12. The molecule has 0 spiro atoms. The number of hydrogen-bond donors (Lipinski definition) is 1. The Morgan fingerprint density at radius 1 is 1.03 bits per heavy atom. The summed E-state index contributed by atoms with van der Waals surface area (Å²) in [5.41, 5.74) is 0.197. The number of aromatic amines is 1. The fourth-order valence-corrected chi connectivity index (χ4v) is 4.14. The number of hydrogen-bond acceptors (Lipinski definition) is 6. The summed E-state index contributed by atoms with van der Waals surface area (Å²) in [7, 11) is 1.85. The summed E-state index contributed by atoms with van der Waals surface area (Å²) in [5, 5.41) is 0. The molecule has 0 saturated carbocycles. The number of para-hydroxylation sites is 1. The molecule has 1 fully saturated rings. The van der Waals surface area contributed by atoms with Crippen molar-refractivity contribution in [3.8, 4) is 5.75 Å². The Kier molecular flexibility index (Phi) is 7.06. The van der Waals surface area contributed by atoms with Crippen molar-refractivity contribution in [1.82, 2.24) is 28.9 Å². The largest absolute Gasteiger partial charge is 0.492 e. The van der Waals surface area contributed by atoms with Gasteiger partial charge in [-0.15, -0.1) is 0 Å². The molecule has 3 heterocycles. The standard InChI is InChI=1S/C23H32N6O3/c1-3-4-10-29-21-20(22(30)25-23(29)31)26(2)19(24-21)17-28-13-11-27(12-14-28)15-16-32-18-8-6-5-7-9-18/h5-9H,3-4,10-17H2,1-2H3,(H,25,30,31). The number of nitrogens with zero attached hydrogens (tertiary/aromatic N) is 5. The lowest BCUT2D eigenvalue weighted by Gasteiger charge is -2.34. The van der Waals surface area contributed by atoms with Gasteiger partial charge in [0, 0.05) is 46.3 Å². The van der Waals surface area contributed by atoms with Gasteiger partial charge in [0.05, 0.1) is 6.54 Å². The zero-order valence-corrected chi connectivity index (χ0v) is 18.9. The van der Waals surface area contributed by atoms with Crippen LogP contribution in [0.15, 0.2) is 39.9 Å². The van der Waals surface area contributed by atoms with Crippen LogP contribution in [0.2, 0.25) is 0 Å². The molecular weight excluding hydrogens is 408 g/mol. The lowest BCUT2D eigenvalue weighted by atomic mass is 10.3. The molecule has 3 aromatic rings. The van der Waals surface area contributed by atoms with E-state index in [9.17, 15) is 9.59 Å². The lowest BCUT2D eigenvalue weighted by molar-refractivity contribution is 0.110. The number of imidazole rings is 1. The van der Waals surface area contributed by atoms with Crippen LogP contribution in [0, 0.1) is 0 Å². The number of unbranched alkanes of at least 4 members (excludes halogenated alkanes) is 1. The zero-order chi connectivity index (χ0) is 22.5. The van der Waals surface area contributed by atoms with Crippen molar-refractivity contribution in [2.24, 2.45) is 7.05 Å². The Labute approximate surface area is 187 Å². The summed E-state index contributed by atoms with van der Waals surface area (Å²) in [6, 6.07) is 9.89. The van der Waals surface area contributed by atoms with Gasteiger partial charge in [-0.2, -0.15) is 0 Å². The van der Waals surface area contributed by atoms with E-state index in [4.69, 9.17) is 9.72 Å². The van der Waals surface area contributed by atoms with E-state index in [1.807, 2.05) is 41.9 Å². The van der Waals surface area contributed by atoms with E-state index in [1.54, 1.807) is 4.57 Å². The highest BCUT2D eigenvalue weighted by Gasteiger charge is 2.21. The van der Waals surface area contributed by atoms with E-state index in [0.717, 1.165) is 57.1 Å². The maximum Gasteiger partial charge on any atom is 0.330 e. The predicted molar refractivity (Wildman–Crippen MR) is 124 cm³/mol. The summed E-state index contributed by atoms with van der Waals surface area (Å²) < 4.78 is 9.23. The molecule has 9 nitrogen and oxygen atoms in total. The maximum absolute atomic E-state index is 12.4. The van der Waals surface area contributed by atoms with Crippen LogP contribution in [0.3, 0.4) is 0 Å². The van der Waals surface area contributed by atoms with Crippen LogP contribution in [0.1, 0.15) is 25.6 Å². The first-order valence-electron chi connectivity index (χ1n) is 11.4. The number of benzene rings is 1. The van der Waals surface area contributed by atoms with Crippen molar-refractivity contribution in [1.29, 1.82) is 0 Å². The van der Waals surface area contributed by atoms with E-state index in [0.29, 0.717) is 30.9 Å². The van der Waals surface area contributed by atoms with Gasteiger partial charge in [0.1, 0.15) is 18.2 Å². The highest BCUT2D eigenvalue weighted by Crippen LogP contribution is 2.14. The summed E-state index contributed by atoms with van der Waals surface area (Å²) >= 11 is 0. The molecule has 1 aromatic carbocycles. The third-order valence-electron chi connectivity index (χ3n) is 6.09. The van der Waals surface area contributed by atoms with Gasteiger partial charge in [0.25, 0.3) is 5.56 Å². The number of rotatable bonds is 9. The van der Waals surface area contributed by atoms with Crippen LogP contribution >= 0.6 is 0 Å². The third kappa shape index (κ3) is 4.94. The van der Waals surface area contributed by atoms with Crippen molar-refractivity contribution in [2.45, 2.75) is 32.9 Å². The minimum absolute atomic E-state index is 0.373. The second-order valence-electron chi connectivity index (χ2n) is 8.30.